The molecule has 14 rings (SSSR count). The van der Waals surface area contributed by atoms with E-state index in [1.165, 1.54) is 43.3 Å². The van der Waals surface area contributed by atoms with Gasteiger partial charge in [0, 0.05) is 60.7 Å². The van der Waals surface area contributed by atoms with Gasteiger partial charge in [0.05, 0.1) is 61.8 Å². The number of rotatable bonds is 16. The third-order valence-corrected chi connectivity index (χ3v) is 23.5. The molecule has 1 atom stereocenters. The van der Waals surface area contributed by atoms with Crippen LogP contribution in [0.15, 0.2) is 212 Å². The Labute approximate surface area is 803 Å². The monoisotopic (exact) mass is 1830 g/mol. The third-order valence-electron chi connectivity index (χ3n) is 15.9. The first-order valence-electron chi connectivity index (χ1n) is 29.2. The summed E-state index contributed by atoms with van der Waals surface area (Å²) in [7, 11) is -38.1. The van der Waals surface area contributed by atoms with Crippen molar-refractivity contribution in [1.29, 1.82) is 0 Å². The van der Waals surface area contributed by atoms with Crippen molar-refractivity contribution in [2.24, 2.45) is 50.0 Å². The van der Waals surface area contributed by atoms with Crippen molar-refractivity contribution in [3.8, 4) is 0 Å². The number of amidine groups is 8. The van der Waals surface area contributed by atoms with Crippen molar-refractivity contribution in [3.05, 3.63) is 209 Å². The predicted octanol–water partition coefficient (Wildman–Crippen LogP) is -13.9. The van der Waals surface area contributed by atoms with Gasteiger partial charge >= 0.3 is 194 Å². The molecule has 0 saturated heterocycles. The minimum absolute atomic E-state index is 0. The van der Waals surface area contributed by atoms with Crippen LogP contribution in [0.25, 0.3) is 17.6 Å². The number of hydrogen-bond donors (Lipinski definition) is 2. The van der Waals surface area contributed by atoms with Crippen LogP contribution >= 0.6 is 34.8 Å². The summed E-state index contributed by atoms with van der Waals surface area (Å²) in [6, 6.07) is 19.9. The summed E-state index contributed by atoms with van der Waals surface area (Å²) in [5, 5.41) is 3.37. The molecule has 8 bridgehead atoms. The number of benzene rings is 7. The second kappa shape index (κ2) is 36.4. The number of nitrogens with one attached hydrogen (secondary N) is 2. The Morgan fingerprint density at radius 2 is 0.895 bits per heavy atom. The van der Waals surface area contributed by atoms with E-state index in [4.69, 9.17) is 34.8 Å². The van der Waals surface area contributed by atoms with Crippen LogP contribution in [0.3, 0.4) is 0 Å². The number of fused-ring (bicyclic) bond motifs is 16. The van der Waals surface area contributed by atoms with Gasteiger partial charge < -0.3 is 53.1 Å². The molecule has 37 nitrogen and oxygen atoms in total. The summed E-state index contributed by atoms with van der Waals surface area (Å²) in [5.41, 5.74) is -0.486. The van der Waals surface area contributed by atoms with E-state index in [0.29, 0.717) is 17.1 Å². The van der Waals surface area contributed by atoms with Gasteiger partial charge in [0.1, 0.15) is 66.8 Å². The summed E-state index contributed by atoms with van der Waals surface area (Å²) in [5.74, 6) is -5.86. The van der Waals surface area contributed by atoms with E-state index < -0.39 is 219 Å². The van der Waals surface area contributed by atoms with Crippen LogP contribution in [0.2, 0.25) is 15.5 Å². The number of nitrogens with zero attached hydrogens (tertiary/aromatic N) is 14. The van der Waals surface area contributed by atoms with E-state index in [2.05, 4.69) is 75.6 Å². The molecule has 0 fully saturated rings. The number of sulfonamides is 1. The van der Waals surface area contributed by atoms with Gasteiger partial charge in [-0.2, -0.15) is 10.1 Å². The zero-order valence-corrected chi connectivity index (χ0v) is 79.5. The molecule has 554 valence electrons. The summed E-state index contributed by atoms with van der Waals surface area (Å²) in [6.45, 7) is 1.20. The van der Waals surface area contributed by atoms with Gasteiger partial charge in [-0.3, -0.25) is 9.52 Å². The van der Waals surface area contributed by atoms with Crippen molar-refractivity contribution in [2.45, 2.75) is 47.2 Å². The van der Waals surface area contributed by atoms with E-state index in [0.717, 1.165) is 91.0 Å². The Kier molecular flexibility index (Phi) is 31.0. The number of halogens is 3. The molecule has 6 aliphatic rings. The number of hydrogen-bond acceptors (Lipinski definition) is 33. The van der Waals surface area contributed by atoms with Crippen LogP contribution in [0.1, 0.15) is 62.6 Å². The Morgan fingerprint density at radius 1 is 0.482 bits per heavy atom. The minimum atomic E-state index is -5.58. The Hall–Kier alpha value is -4.01. The van der Waals surface area contributed by atoms with Crippen LogP contribution < -0.4 is 203 Å². The molecule has 1 unspecified atom stereocenters. The molecule has 0 spiro atoms. The van der Waals surface area contributed by atoms with Crippen LogP contribution in [-0.4, -0.2) is 156 Å². The Balaban J connectivity index is 0.00000257. The zero-order chi connectivity index (χ0) is 76.7. The fourth-order valence-electron chi connectivity index (χ4n) is 11.5. The van der Waals surface area contributed by atoms with Gasteiger partial charge in [0.25, 0.3) is 15.9 Å². The number of carbonyl (C=O) groups excluding carboxylic acids is 1. The maximum Gasteiger partial charge on any atom is 2.00 e. The van der Waals surface area contributed by atoms with Gasteiger partial charge in [-0.25, -0.2) is 98.9 Å². The fourth-order valence-corrected chi connectivity index (χ4v) is 17.4. The number of anilines is 2. The molecule has 1 aromatic heterocycles. The Bertz CT molecular complexity index is 6780. The first kappa shape index (κ1) is 97.1. The molecule has 7 heterocycles. The van der Waals surface area contributed by atoms with E-state index in [-0.39, 0.29) is 243 Å². The van der Waals surface area contributed by atoms with Crippen LogP contribution in [0.5, 0.6) is 0 Å². The molecule has 2 N–H and O–H groups in total. The molecule has 114 heavy (non-hydrogen) atoms. The first-order valence-corrected chi connectivity index (χ1v) is 40.3. The number of amides is 1. The first-order chi connectivity index (χ1) is 50.1. The molecule has 54 heteroatoms. The molecule has 7 aromatic carbocycles. The van der Waals surface area contributed by atoms with Gasteiger partial charge in [-0.05, 0) is 66.6 Å². The average Bonchev–Trinajstić information content (AvgIpc) is 1.58. The van der Waals surface area contributed by atoms with Crippen LogP contribution in [0.4, 0.5) is 22.7 Å². The normalized spacial score (nSPS) is 15.5. The topological polar surface area (TPSA) is 586 Å². The maximum atomic E-state index is 15.1. The van der Waals surface area contributed by atoms with Crippen molar-refractivity contribution in [3.63, 3.8) is 0 Å². The van der Waals surface area contributed by atoms with E-state index in [1.54, 1.807) is 0 Å². The van der Waals surface area contributed by atoms with Gasteiger partial charge in [0.2, 0.25) is 0 Å². The molecule has 0 radical (unpaired) electrons. The predicted molar refractivity (Wildman–Crippen MR) is 373 cm³/mol. The Morgan fingerprint density at radius 3 is 1.32 bits per heavy atom. The molecule has 1 amide bonds. The smallest absolute Gasteiger partial charge is 0.744 e. The van der Waals surface area contributed by atoms with Gasteiger partial charge in [-0.15, -0.1) is 5.69 Å². The molecule has 0 saturated carbocycles. The maximum absolute atomic E-state index is 15.1. The summed E-state index contributed by atoms with van der Waals surface area (Å²) in [4.78, 5) is 54.8. The van der Waals surface area contributed by atoms with Crippen molar-refractivity contribution in [1.82, 2.24) is 15.4 Å². The van der Waals surface area contributed by atoms with Crippen molar-refractivity contribution in [2.75, 3.05) is 9.73 Å². The molecule has 8 aromatic rings. The molecule has 6 aliphatic heterocycles. The second-order valence-electron chi connectivity index (χ2n) is 22.6. The quantitative estimate of drug-likeness (QED) is 0.0226. The van der Waals surface area contributed by atoms with Crippen LogP contribution in [-0.2, 0) is 92.0 Å². The van der Waals surface area contributed by atoms with Crippen molar-refractivity contribution >= 4 is 199 Å². The van der Waals surface area contributed by atoms with Gasteiger partial charge in [0.15, 0.2) is 46.7 Å². The second-order valence-corrected chi connectivity index (χ2v) is 33.3. The fraction of sp³-hybridized carbons (Fsp3) is 0.0333. The van der Waals surface area contributed by atoms with Gasteiger partial charge in [-0.1, -0.05) is 126 Å². The number of aromatic nitrogens is 2. The summed E-state index contributed by atoms with van der Waals surface area (Å²) >= 11 is 18.0. The number of aliphatic imine (C=N–C) groups is 8. The number of hydrazone groups is 1. The zero-order valence-electron chi connectivity index (χ0n) is 58.5. The van der Waals surface area contributed by atoms with E-state index in [9.17, 15) is 82.6 Å². The SMILES string of the molecule is CC1=NN(c2ccc(C=Cc3cccc(N=c4[n-]c(Cl)nc(Cl)c4Cl)c3S(=O)(=O)[O-])cc2S(=O)(=O)[O-])C(=O)C1N[N-]c1cc(NS(=O)(=O)c2cccc3c2C2=NC4=NC(=NC5=NC(=NC6=NC(=NC3=N2)c2c6cccc2S(=O)(=O)[O-])c2c5cccc2S(=O)(=O)[O-])c2c4cccc2S(=O)(=O)[O-])ccc1S(=O)(=O)[O-].[Na+].[Na+].[Na+].[Na+].[Na+].[Na+].[Ni+2]. The molecule has 0 aliphatic carbocycles. The van der Waals surface area contributed by atoms with E-state index in [1.807, 2.05) is 0 Å². The summed E-state index contributed by atoms with van der Waals surface area (Å²) in [6.07, 6.45) is 2.13. The van der Waals surface area contributed by atoms with Crippen molar-refractivity contribution < 1.29 is 285 Å². The number of carbonyl (C=O) groups is 1. The minimum Gasteiger partial charge on any atom is -0.744 e. The van der Waals surface area contributed by atoms with E-state index >= 15 is 8.42 Å². The molecular weight excluding hydrogens is 1810 g/mol. The average molecular weight is 1840 g/mol. The summed E-state index contributed by atoms with van der Waals surface area (Å²) < 4.78 is 264. The largest absolute Gasteiger partial charge is 2.00 e. The van der Waals surface area contributed by atoms with Crippen LogP contribution in [0, 0.1) is 0 Å². The third kappa shape index (κ3) is 19.3. The molecular formula is C60H29Cl3N16Na6NiO21S7. The standard InChI is InChI=1S/C60H35Cl3N16O21S7.6Na.Ni/c1-25-47(59(80)79(77-25)35-21-18-26(23-41(35)106(95,96)97)17-19-27-7-2-12-33(48(27)107(98,99)100)64-58-46(61)49(62)65-60(63)74-58)76-75-34-24-28(20-22-36(34)102(83,84)85)78-101(81,82)37-13-3-8-29-42(37)54-66-50(29)68-55-44-31(10-5-15-39(44)104(89,90)91)52(70-55)72-57-45-32(11-6-16-40(45)105(92,93)94)53(73-57)71-56-43-30(51(67-54)69-56)9-4-14-38(43)103(86,87)88;;;;;;;/h2-24,47,76,78H,1H3,(H6-,64,65,74,83,84,85,86,87,88,89,90,91,92,93,94,95,96,97,98,99,100);;;;;;;/q-2;6*+1;+2/p-6.